The predicted molar refractivity (Wildman–Crippen MR) is 99.0 cm³/mol. The van der Waals surface area contributed by atoms with Gasteiger partial charge >= 0.3 is 11.9 Å². The molecular formula is C21H22O5. The van der Waals surface area contributed by atoms with Crippen LogP contribution in [-0.4, -0.2) is 19.0 Å². The summed E-state index contributed by atoms with van der Waals surface area (Å²) in [6, 6.07) is 11.0. The Morgan fingerprint density at radius 3 is 2.38 bits per heavy atom. The van der Waals surface area contributed by atoms with Crippen molar-refractivity contribution in [3.05, 3.63) is 64.7 Å². The lowest BCUT2D eigenvalue weighted by Gasteiger charge is -2.10. The molecule has 0 radical (unpaired) electrons. The average molecular weight is 354 g/mol. The highest BCUT2D eigenvalue weighted by atomic mass is 16.5. The first-order valence-corrected chi connectivity index (χ1v) is 8.16. The monoisotopic (exact) mass is 354 g/mol. The van der Waals surface area contributed by atoms with E-state index in [1.54, 1.807) is 13.2 Å². The van der Waals surface area contributed by atoms with Crippen LogP contribution in [0, 0.1) is 13.8 Å². The minimum Gasteiger partial charge on any atom is -0.497 e. The minimum absolute atomic E-state index is 0.170. The SMILES string of the molecule is COc1cccc(COC(=O)/C=C/c2cc(C)c(OC(C)=O)c(C)c2)c1. The van der Waals surface area contributed by atoms with E-state index in [4.69, 9.17) is 14.2 Å². The van der Waals surface area contributed by atoms with Gasteiger partial charge in [0, 0.05) is 13.0 Å². The maximum Gasteiger partial charge on any atom is 0.331 e. The van der Waals surface area contributed by atoms with Crippen LogP contribution in [0.4, 0.5) is 0 Å². The lowest BCUT2D eigenvalue weighted by atomic mass is 10.1. The fourth-order valence-corrected chi connectivity index (χ4v) is 2.51. The number of esters is 2. The molecule has 2 rings (SSSR count). The molecule has 0 fully saturated rings. The van der Waals surface area contributed by atoms with Crippen LogP contribution in [-0.2, 0) is 20.9 Å². The molecular weight excluding hydrogens is 332 g/mol. The van der Waals surface area contributed by atoms with Crippen LogP contribution >= 0.6 is 0 Å². The Labute approximate surface area is 153 Å². The molecule has 0 saturated carbocycles. The lowest BCUT2D eigenvalue weighted by Crippen LogP contribution is -2.04. The van der Waals surface area contributed by atoms with E-state index < -0.39 is 5.97 Å². The van der Waals surface area contributed by atoms with Gasteiger partial charge in [-0.25, -0.2) is 4.79 Å². The normalized spacial score (nSPS) is 10.6. The van der Waals surface area contributed by atoms with Crippen molar-refractivity contribution in [2.45, 2.75) is 27.4 Å². The fourth-order valence-electron chi connectivity index (χ4n) is 2.51. The summed E-state index contributed by atoms with van der Waals surface area (Å²) < 4.78 is 15.6. The summed E-state index contributed by atoms with van der Waals surface area (Å²) >= 11 is 0. The minimum atomic E-state index is -0.438. The van der Waals surface area contributed by atoms with Crippen LogP contribution in [0.3, 0.4) is 0 Å². The van der Waals surface area contributed by atoms with Crippen molar-refractivity contribution in [3.63, 3.8) is 0 Å². The Hall–Kier alpha value is -3.08. The highest BCUT2D eigenvalue weighted by Crippen LogP contribution is 2.25. The van der Waals surface area contributed by atoms with Crippen molar-refractivity contribution in [2.24, 2.45) is 0 Å². The standard InChI is InChI=1S/C21H22O5/c1-14-10-17(11-15(2)21(14)26-16(3)22)8-9-20(23)25-13-18-6-5-7-19(12-18)24-4/h5-12H,13H2,1-4H3/b9-8+. The maximum absolute atomic E-state index is 11.9. The fraction of sp³-hybridized carbons (Fsp3) is 0.238. The van der Waals surface area contributed by atoms with Crippen LogP contribution in [0.2, 0.25) is 0 Å². The summed E-state index contributed by atoms with van der Waals surface area (Å²) in [4.78, 5) is 23.1. The summed E-state index contributed by atoms with van der Waals surface area (Å²) in [5.74, 6) is 0.468. The zero-order valence-corrected chi connectivity index (χ0v) is 15.4. The van der Waals surface area contributed by atoms with Crippen molar-refractivity contribution in [3.8, 4) is 11.5 Å². The molecule has 0 spiro atoms. The first-order valence-electron chi connectivity index (χ1n) is 8.16. The molecule has 2 aromatic rings. The molecule has 0 saturated heterocycles. The number of methoxy groups -OCH3 is 1. The summed E-state index contributed by atoms with van der Waals surface area (Å²) in [6.45, 7) is 5.24. The third kappa shape index (κ3) is 5.48. The Morgan fingerprint density at radius 1 is 1.08 bits per heavy atom. The van der Waals surface area contributed by atoms with Crippen LogP contribution < -0.4 is 9.47 Å². The summed E-state index contributed by atoms with van der Waals surface area (Å²) in [6.07, 6.45) is 3.05. The summed E-state index contributed by atoms with van der Waals surface area (Å²) in [5, 5.41) is 0. The number of carbonyl (C=O) groups is 2. The van der Waals surface area contributed by atoms with Gasteiger partial charge in [-0.15, -0.1) is 0 Å². The van der Waals surface area contributed by atoms with Crippen LogP contribution in [0.5, 0.6) is 11.5 Å². The van der Waals surface area contributed by atoms with E-state index in [9.17, 15) is 9.59 Å². The molecule has 0 aliphatic rings. The van der Waals surface area contributed by atoms with Crippen molar-refractivity contribution in [1.29, 1.82) is 0 Å². The Bertz CT molecular complexity index is 813. The zero-order chi connectivity index (χ0) is 19.1. The van der Waals surface area contributed by atoms with Gasteiger partial charge in [-0.3, -0.25) is 4.79 Å². The second-order valence-corrected chi connectivity index (χ2v) is 5.87. The smallest absolute Gasteiger partial charge is 0.331 e. The van der Waals surface area contributed by atoms with Gasteiger partial charge in [-0.05, 0) is 66.4 Å². The Balaban J connectivity index is 2.00. The van der Waals surface area contributed by atoms with E-state index in [0.717, 1.165) is 22.3 Å². The molecule has 5 nitrogen and oxygen atoms in total. The summed E-state index contributed by atoms with van der Waals surface area (Å²) in [5.41, 5.74) is 3.33. The predicted octanol–water partition coefficient (Wildman–Crippen LogP) is 3.99. The molecule has 0 aliphatic heterocycles. The Morgan fingerprint density at radius 2 is 1.77 bits per heavy atom. The van der Waals surface area contributed by atoms with E-state index >= 15 is 0 Å². The number of rotatable bonds is 6. The first-order chi connectivity index (χ1) is 12.4. The van der Waals surface area contributed by atoms with Gasteiger partial charge in [0.05, 0.1) is 7.11 Å². The van der Waals surface area contributed by atoms with E-state index in [1.807, 2.05) is 50.2 Å². The first kappa shape index (κ1) is 19.2. The molecule has 0 atom stereocenters. The molecule has 2 aromatic carbocycles. The van der Waals surface area contributed by atoms with Crippen molar-refractivity contribution >= 4 is 18.0 Å². The van der Waals surface area contributed by atoms with Gasteiger partial charge in [0.2, 0.25) is 0 Å². The molecule has 0 aliphatic carbocycles. The zero-order valence-electron chi connectivity index (χ0n) is 15.4. The summed E-state index contributed by atoms with van der Waals surface area (Å²) in [7, 11) is 1.59. The number of hydrogen-bond acceptors (Lipinski definition) is 5. The van der Waals surface area contributed by atoms with Gasteiger partial charge in [-0.1, -0.05) is 12.1 Å². The Kier molecular flexibility index (Phi) is 6.55. The second-order valence-electron chi connectivity index (χ2n) is 5.87. The third-order valence-corrected chi connectivity index (χ3v) is 3.66. The highest BCUT2D eigenvalue weighted by molar-refractivity contribution is 5.87. The molecule has 0 heterocycles. The van der Waals surface area contributed by atoms with E-state index in [2.05, 4.69) is 0 Å². The highest BCUT2D eigenvalue weighted by Gasteiger charge is 2.08. The molecule has 5 heteroatoms. The maximum atomic E-state index is 11.9. The molecule has 136 valence electrons. The van der Waals surface area contributed by atoms with Gasteiger partial charge in [-0.2, -0.15) is 0 Å². The topological polar surface area (TPSA) is 61.8 Å². The van der Waals surface area contributed by atoms with Gasteiger partial charge in [0.15, 0.2) is 0 Å². The third-order valence-electron chi connectivity index (χ3n) is 3.66. The van der Waals surface area contributed by atoms with Crippen molar-refractivity contribution < 1.29 is 23.8 Å². The molecule has 26 heavy (non-hydrogen) atoms. The quantitative estimate of drug-likeness (QED) is 0.446. The van der Waals surface area contributed by atoms with Gasteiger partial charge in [0.1, 0.15) is 18.1 Å². The van der Waals surface area contributed by atoms with E-state index in [0.29, 0.717) is 11.5 Å². The molecule has 0 amide bonds. The molecule has 0 aromatic heterocycles. The van der Waals surface area contributed by atoms with Crippen molar-refractivity contribution in [1.82, 2.24) is 0 Å². The van der Waals surface area contributed by atoms with Crippen LogP contribution in [0.1, 0.15) is 29.2 Å². The van der Waals surface area contributed by atoms with E-state index in [1.165, 1.54) is 13.0 Å². The molecule has 0 bridgehead atoms. The number of carbonyl (C=O) groups excluding carboxylic acids is 2. The van der Waals surface area contributed by atoms with Crippen LogP contribution in [0.15, 0.2) is 42.5 Å². The lowest BCUT2D eigenvalue weighted by molar-refractivity contribution is -0.139. The number of hydrogen-bond donors (Lipinski definition) is 0. The van der Waals surface area contributed by atoms with Gasteiger partial charge < -0.3 is 14.2 Å². The van der Waals surface area contributed by atoms with Crippen LogP contribution in [0.25, 0.3) is 6.08 Å². The largest absolute Gasteiger partial charge is 0.497 e. The van der Waals surface area contributed by atoms with Crippen molar-refractivity contribution in [2.75, 3.05) is 7.11 Å². The van der Waals surface area contributed by atoms with E-state index in [-0.39, 0.29) is 12.6 Å². The number of ether oxygens (including phenoxy) is 3. The van der Waals surface area contributed by atoms with Gasteiger partial charge in [0.25, 0.3) is 0 Å². The molecule has 0 N–H and O–H groups in total. The average Bonchev–Trinajstić information content (AvgIpc) is 2.61. The second kappa shape index (κ2) is 8.85. The number of aryl methyl sites for hydroxylation is 2. The molecule has 0 unspecified atom stereocenters. The number of benzene rings is 2.